The quantitative estimate of drug-likeness (QED) is 0.884. The lowest BCUT2D eigenvalue weighted by atomic mass is 9.89. The molecule has 0 aliphatic carbocycles. The number of benzene rings is 1. The van der Waals surface area contributed by atoms with Gasteiger partial charge in [-0.1, -0.05) is 26.0 Å². The van der Waals surface area contributed by atoms with Crippen molar-refractivity contribution in [2.45, 2.75) is 38.1 Å². The van der Waals surface area contributed by atoms with Crippen molar-refractivity contribution < 1.29 is 9.53 Å². The van der Waals surface area contributed by atoms with Gasteiger partial charge in [-0.05, 0) is 36.5 Å². The predicted molar refractivity (Wildman–Crippen MR) is 79.8 cm³/mol. The van der Waals surface area contributed by atoms with Crippen LogP contribution in [0, 0.1) is 0 Å². The number of amides is 1. The molecule has 0 saturated carbocycles. The normalized spacial score (nSPS) is 18.0. The largest absolute Gasteiger partial charge is 0.381 e. The van der Waals surface area contributed by atoms with E-state index in [-0.39, 0.29) is 11.4 Å². The highest BCUT2D eigenvalue weighted by Gasteiger charge is 2.32. The van der Waals surface area contributed by atoms with Gasteiger partial charge in [0.2, 0.25) is 0 Å². The number of carbonyl (C=O) groups is 1. The topological polar surface area (TPSA) is 64.4 Å². The maximum atomic E-state index is 12.4. The van der Waals surface area contributed by atoms with E-state index in [1.807, 2.05) is 24.3 Å². The summed E-state index contributed by atoms with van der Waals surface area (Å²) in [6.45, 7) is 6.04. The highest BCUT2D eigenvalue weighted by molar-refractivity contribution is 5.94. The fourth-order valence-corrected chi connectivity index (χ4v) is 2.47. The third-order valence-corrected chi connectivity index (χ3v) is 4.06. The third-order valence-electron chi connectivity index (χ3n) is 4.06. The molecule has 1 heterocycles. The van der Waals surface area contributed by atoms with E-state index in [0.29, 0.717) is 31.2 Å². The van der Waals surface area contributed by atoms with Crippen molar-refractivity contribution in [2.75, 3.05) is 19.8 Å². The Morgan fingerprint density at radius 2 is 1.90 bits per heavy atom. The minimum Gasteiger partial charge on any atom is -0.381 e. The molecule has 0 radical (unpaired) electrons. The lowest BCUT2D eigenvalue weighted by molar-refractivity contribution is 0.0388. The molecule has 0 bridgehead atoms. The lowest BCUT2D eigenvalue weighted by Crippen LogP contribution is -2.56. The zero-order valence-electron chi connectivity index (χ0n) is 12.3. The molecule has 4 heteroatoms. The van der Waals surface area contributed by atoms with Crippen molar-refractivity contribution in [3.05, 3.63) is 35.4 Å². The smallest absolute Gasteiger partial charge is 0.251 e. The van der Waals surface area contributed by atoms with Crippen LogP contribution in [0.15, 0.2) is 24.3 Å². The van der Waals surface area contributed by atoms with Crippen molar-refractivity contribution in [3.8, 4) is 0 Å². The molecule has 1 aromatic carbocycles. The first-order chi connectivity index (χ1) is 9.56. The second kappa shape index (κ2) is 6.37. The molecule has 0 spiro atoms. The Labute approximate surface area is 120 Å². The summed E-state index contributed by atoms with van der Waals surface area (Å²) in [6.07, 6.45) is 1.55. The molecule has 1 aliphatic rings. The zero-order chi connectivity index (χ0) is 14.6. The number of nitrogens with two attached hydrogens (primary N) is 1. The van der Waals surface area contributed by atoms with Gasteiger partial charge in [0.15, 0.2) is 0 Å². The number of nitrogens with one attached hydrogen (secondary N) is 1. The standard InChI is InChI=1S/C16H24N2O2/c1-12(2)13-3-5-14(6-4-13)15(19)18-16(11-17)7-9-20-10-8-16/h3-6,12H,7-11,17H2,1-2H3,(H,18,19). The number of hydrogen-bond acceptors (Lipinski definition) is 3. The van der Waals surface area contributed by atoms with Crippen LogP contribution in [-0.2, 0) is 4.74 Å². The molecule has 20 heavy (non-hydrogen) atoms. The Morgan fingerprint density at radius 3 is 2.40 bits per heavy atom. The molecule has 0 aromatic heterocycles. The Morgan fingerprint density at radius 1 is 1.30 bits per heavy atom. The average molecular weight is 276 g/mol. The van der Waals surface area contributed by atoms with Gasteiger partial charge >= 0.3 is 0 Å². The number of ether oxygens (including phenoxy) is 1. The molecule has 2 rings (SSSR count). The third kappa shape index (κ3) is 3.38. The van der Waals surface area contributed by atoms with Crippen LogP contribution >= 0.6 is 0 Å². The zero-order valence-corrected chi connectivity index (χ0v) is 12.3. The van der Waals surface area contributed by atoms with Crippen LogP contribution in [0.3, 0.4) is 0 Å². The number of carbonyl (C=O) groups excluding carboxylic acids is 1. The number of hydrogen-bond donors (Lipinski definition) is 2. The summed E-state index contributed by atoms with van der Waals surface area (Å²) in [7, 11) is 0. The summed E-state index contributed by atoms with van der Waals surface area (Å²) in [5, 5.41) is 3.10. The van der Waals surface area contributed by atoms with Crippen molar-refractivity contribution in [2.24, 2.45) is 5.73 Å². The molecule has 1 aliphatic heterocycles. The fourth-order valence-electron chi connectivity index (χ4n) is 2.47. The van der Waals surface area contributed by atoms with Gasteiger partial charge in [0.25, 0.3) is 5.91 Å². The van der Waals surface area contributed by atoms with E-state index in [9.17, 15) is 4.79 Å². The molecule has 110 valence electrons. The van der Waals surface area contributed by atoms with Crippen molar-refractivity contribution in [3.63, 3.8) is 0 Å². The van der Waals surface area contributed by atoms with Crippen molar-refractivity contribution >= 4 is 5.91 Å². The first-order valence-corrected chi connectivity index (χ1v) is 7.27. The van der Waals surface area contributed by atoms with E-state index >= 15 is 0 Å². The maximum Gasteiger partial charge on any atom is 0.251 e. The Hall–Kier alpha value is -1.39. The van der Waals surface area contributed by atoms with Gasteiger partial charge in [0, 0.05) is 25.3 Å². The van der Waals surface area contributed by atoms with Gasteiger partial charge in [0.05, 0.1) is 5.54 Å². The molecule has 1 amide bonds. The van der Waals surface area contributed by atoms with E-state index in [1.165, 1.54) is 5.56 Å². The van der Waals surface area contributed by atoms with Crippen LogP contribution < -0.4 is 11.1 Å². The van der Waals surface area contributed by atoms with Gasteiger partial charge in [-0.25, -0.2) is 0 Å². The van der Waals surface area contributed by atoms with Crippen LogP contribution in [0.2, 0.25) is 0 Å². The van der Waals surface area contributed by atoms with E-state index < -0.39 is 0 Å². The second-order valence-corrected chi connectivity index (χ2v) is 5.83. The van der Waals surface area contributed by atoms with Crippen molar-refractivity contribution in [1.82, 2.24) is 5.32 Å². The molecule has 4 nitrogen and oxygen atoms in total. The highest BCUT2D eigenvalue weighted by Crippen LogP contribution is 2.21. The summed E-state index contributed by atoms with van der Waals surface area (Å²) >= 11 is 0. The van der Waals surface area contributed by atoms with E-state index in [1.54, 1.807) is 0 Å². The predicted octanol–water partition coefficient (Wildman–Crippen LogP) is 2.05. The monoisotopic (exact) mass is 276 g/mol. The minimum atomic E-state index is -0.313. The number of rotatable bonds is 4. The Balaban J connectivity index is 2.06. The van der Waals surface area contributed by atoms with E-state index in [2.05, 4.69) is 19.2 Å². The van der Waals surface area contributed by atoms with Gasteiger partial charge in [-0.2, -0.15) is 0 Å². The van der Waals surface area contributed by atoms with Crippen molar-refractivity contribution in [1.29, 1.82) is 0 Å². The Bertz CT molecular complexity index is 448. The molecule has 0 atom stereocenters. The lowest BCUT2D eigenvalue weighted by Gasteiger charge is -2.37. The molecule has 3 N–H and O–H groups in total. The maximum absolute atomic E-state index is 12.4. The van der Waals surface area contributed by atoms with Gasteiger partial charge in [-0.15, -0.1) is 0 Å². The van der Waals surface area contributed by atoms with Gasteiger partial charge in [-0.3, -0.25) is 4.79 Å². The first kappa shape index (κ1) is 15.0. The fraction of sp³-hybridized carbons (Fsp3) is 0.562. The summed E-state index contributed by atoms with van der Waals surface area (Å²) in [6, 6.07) is 7.79. The van der Waals surface area contributed by atoms with Gasteiger partial charge < -0.3 is 15.8 Å². The van der Waals surface area contributed by atoms with Crippen LogP contribution in [0.5, 0.6) is 0 Å². The molecular weight excluding hydrogens is 252 g/mol. The summed E-state index contributed by atoms with van der Waals surface area (Å²) in [5.41, 5.74) is 7.47. The Kier molecular flexibility index (Phi) is 4.78. The van der Waals surface area contributed by atoms with Crippen LogP contribution in [0.4, 0.5) is 0 Å². The van der Waals surface area contributed by atoms with Crippen LogP contribution in [0.1, 0.15) is 48.5 Å². The van der Waals surface area contributed by atoms with Crippen LogP contribution in [0.25, 0.3) is 0 Å². The van der Waals surface area contributed by atoms with Crippen LogP contribution in [-0.4, -0.2) is 31.2 Å². The van der Waals surface area contributed by atoms with Gasteiger partial charge in [0.1, 0.15) is 0 Å². The summed E-state index contributed by atoms with van der Waals surface area (Å²) in [4.78, 5) is 12.4. The minimum absolute atomic E-state index is 0.0485. The average Bonchev–Trinajstić information content (AvgIpc) is 2.48. The first-order valence-electron chi connectivity index (χ1n) is 7.27. The molecular formula is C16H24N2O2. The molecule has 1 saturated heterocycles. The van der Waals surface area contributed by atoms with E-state index in [4.69, 9.17) is 10.5 Å². The highest BCUT2D eigenvalue weighted by atomic mass is 16.5. The summed E-state index contributed by atoms with van der Waals surface area (Å²) < 4.78 is 5.35. The molecule has 1 aromatic rings. The second-order valence-electron chi connectivity index (χ2n) is 5.83. The summed E-state index contributed by atoms with van der Waals surface area (Å²) in [5.74, 6) is 0.422. The molecule has 0 unspecified atom stereocenters. The van der Waals surface area contributed by atoms with E-state index in [0.717, 1.165) is 12.8 Å². The SMILES string of the molecule is CC(C)c1ccc(C(=O)NC2(CN)CCOCC2)cc1. The molecule has 1 fully saturated rings.